The van der Waals surface area contributed by atoms with Crippen LogP contribution in [0.5, 0.6) is 0 Å². The molecular weight excluding hydrogens is 496 g/mol. The number of halogens is 2. The molecule has 0 aromatic heterocycles. The van der Waals surface area contributed by atoms with Gasteiger partial charge < -0.3 is 14.9 Å². The maximum Gasteiger partial charge on any atom is 0.215 e. The molecule has 0 bridgehead atoms. The number of carbonyl (C=O) groups is 2. The Morgan fingerprint density at radius 2 is 1.97 bits per heavy atom. The van der Waals surface area contributed by atoms with Gasteiger partial charge in [0, 0.05) is 30.3 Å². The van der Waals surface area contributed by atoms with E-state index in [9.17, 15) is 14.0 Å². The SMILES string of the molecule is CCN(C)SNc1ccc(F)c(C(=O)c2ccc(N=CN(C=O)C3CC4(CCNCC4)C3)c(C)c2)c1F. The molecule has 0 unspecified atom stereocenters. The van der Waals surface area contributed by atoms with Gasteiger partial charge in [0.25, 0.3) is 0 Å². The number of piperidine rings is 1. The zero-order valence-electron chi connectivity index (χ0n) is 21.4. The Kier molecular flexibility index (Phi) is 8.61. The largest absolute Gasteiger partial charge is 0.317 e. The van der Waals surface area contributed by atoms with Gasteiger partial charge in [-0.25, -0.2) is 18.1 Å². The van der Waals surface area contributed by atoms with Crippen LogP contribution in [-0.4, -0.2) is 60.5 Å². The summed E-state index contributed by atoms with van der Waals surface area (Å²) in [5, 5.41) is 3.38. The van der Waals surface area contributed by atoms with Gasteiger partial charge in [-0.05, 0) is 94.1 Å². The Bertz CT molecular complexity index is 1180. The van der Waals surface area contributed by atoms with Gasteiger partial charge in [0.15, 0.2) is 11.6 Å². The third-order valence-corrected chi connectivity index (χ3v) is 8.29. The summed E-state index contributed by atoms with van der Waals surface area (Å²) in [4.78, 5) is 30.9. The Morgan fingerprint density at radius 1 is 1.24 bits per heavy atom. The molecular formula is C27H33F2N5O2S. The molecule has 1 saturated carbocycles. The molecule has 1 amide bonds. The standard InChI is InChI=1S/C27H33F2N5O2S/c1-4-33(3)37-32-23-8-6-21(28)24(25(23)29)26(36)19-5-7-22(18(2)13-19)31-16-34(17-35)20-14-27(15-20)9-11-30-12-10-27/h5-8,13,16-17,20,30,32H,4,9-12,14-15H2,1-3H3. The molecule has 2 aromatic rings. The van der Waals surface area contributed by atoms with E-state index < -0.39 is 23.0 Å². The van der Waals surface area contributed by atoms with Crippen molar-refractivity contribution in [2.24, 2.45) is 10.4 Å². The highest BCUT2D eigenvalue weighted by Crippen LogP contribution is 2.49. The predicted molar refractivity (Wildman–Crippen MR) is 144 cm³/mol. The highest BCUT2D eigenvalue weighted by atomic mass is 32.2. The molecule has 7 nitrogen and oxygen atoms in total. The van der Waals surface area contributed by atoms with Crippen LogP contribution in [0.3, 0.4) is 0 Å². The van der Waals surface area contributed by atoms with Crippen LogP contribution in [-0.2, 0) is 4.79 Å². The number of aliphatic imine (C=N–C) groups is 1. The minimum atomic E-state index is -0.935. The highest BCUT2D eigenvalue weighted by molar-refractivity contribution is 7.98. The first kappa shape index (κ1) is 27.2. The second kappa shape index (κ2) is 11.7. The zero-order valence-corrected chi connectivity index (χ0v) is 22.2. The van der Waals surface area contributed by atoms with Crippen molar-refractivity contribution in [3.63, 3.8) is 0 Å². The minimum absolute atomic E-state index is 0.0317. The van der Waals surface area contributed by atoms with Gasteiger partial charge >= 0.3 is 0 Å². The summed E-state index contributed by atoms with van der Waals surface area (Å²) in [5.41, 5.74) is 1.16. The summed E-state index contributed by atoms with van der Waals surface area (Å²) in [7, 11) is 1.82. The van der Waals surface area contributed by atoms with E-state index >= 15 is 4.39 Å². The summed E-state index contributed by atoms with van der Waals surface area (Å²) in [5.74, 6) is -2.60. The van der Waals surface area contributed by atoms with E-state index in [4.69, 9.17) is 0 Å². The maximum absolute atomic E-state index is 15.1. The van der Waals surface area contributed by atoms with E-state index in [1.165, 1.54) is 18.5 Å². The lowest BCUT2D eigenvalue weighted by Gasteiger charge is -2.52. The van der Waals surface area contributed by atoms with E-state index in [0.29, 0.717) is 23.2 Å². The molecule has 2 fully saturated rings. The number of ketones is 1. The lowest BCUT2D eigenvalue weighted by molar-refractivity contribution is -0.120. The number of aryl methyl sites for hydroxylation is 1. The van der Waals surface area contributed by atoms with Gasteiger partial charge in [0.05, 0.1) is 23.3 Å². The average molecular weight is 530 g/mol. The number of benzene rings is 2. The molecule has 198 valence electrons. The summed E-state index contributed by atoms with van der Waals surface area (Å²) >= 11 is 1.16. The molecule has 1 saturated heterocycles. The second-order valence-corrected chi connectivity index (χ2v) is 10.9. The highest BCUT2D eigenvalue weighted by Gasteiger charge is 2.46. The van der Waals surface area contributed by atoms with Crippen LogP contribution in [0.15, 0.2) is 35.3 Å². The van der Waals surface area contributed by atoms with Crippen LogP contribution in [0, 0.1) is 24.0 Å². The van der Waals surface area contributed by atoms with Crippen molar-refractivity contribution in [2.45, 2.75) is 45.6 Å². The van der Waals surface area contributed by atoms with E-state index in [1.807, 2.05) is 18.3 Å². The number of amides is 1. The van der Waals surface area contributed by atoms with Gasteiger partial charge in [0.1, 0.15) is 5.82 Å². The summed E-state index contributed by atoms with van der Waals surface area (Å²) in [6.07, 6.45) is 6.56. The van der Waals surface area contributed by atoms with Crippen molar-refractivity contribution >= 4 is 42.0 Å². The van der Waals surface area contributed by atoms with Crippen molar-refractivity contribution in [1.82, 2.24) is 14.5 Å². The van der Waals surface area contributed by atoms with E-state index in [-0.39, 0.29) is 17.3 Å². The average Bonchev–Trinajstić information content (AvgIpc) is 2.88. The Balaban J connectivity index is 1.46. The number of hydrogen-bond acceptors (Lipinski definition) is 7. The normalized spacial score (nSPS) is 17.2. The fourth-order valence-corrected chi connectivity index (χ4v) is 5.51. The van der Waals surface area contributed by atoms with E-state index in [2.05, 4.69) is 15.0 Å². The molecule has 37 heavy (non-hydrogen) atoms. The van der Waals surface area contributed by atoms with Crippen LogP contribution >= 0.6 is 12.1 Å². The molecule has 2 aliphatic rings. The third kappa shape index (κ3) is 6.02. The Labute approximate surface area is 221 Å². The van der Waals surface area contributed by atoms with Gasteiger partial charge in [-0.2, -0.15) is 0 Å². The number of nitrogens with zero attached hydrogens (tertiary/aromatic N) is 3. The molecule has 0 atom stereocenters. The molecule has 1 spiro atoms. The number of carbonyl (C=O) groups excluding carboxylic acids is 2. The van der Waals surface area contributed by atoms with Crippen LogP contribution in [0.1, 0.15) is 54.1 Å². The number of anilines is 1. The van der Waals surface area contributed by atoms with Crippen molar-refractivity contribution in [1.29, 1.82) is 0 Å². The Hall–Kier alpha value is -2.82. The first-order chi connectivity index (χ1) is 17.8. The summed E-state index contributed by atoms with van der Waals surface area (Å²) in [6.45, 7) is 6.47. The molecule has 1 heterocycles. The monoisotopic (exact) mass is 529 g/mol. The van der Waals surface area contributed by atoms with Gasteiger partial charge in [-0.1, -0.05) is 6.92 Å². The van der Waals surface area contributed by atoms with Gasteiger partial charge in [-0.15, -0.1) is 0 Å². The molecule has 2 N–H and O–H groups in total. The first-order valence-corrected chi connectivity index (χ1v) is 13.3. The van der Waals surface area contributed by atoms with Crippen molar-refractivity contribution < 1.29 is 18.4 Å². The minimum Gasteiger partial charge on any atom is -0.317 e. The van der Waals surface area contributed by atoms with E-state index in [0.717, 1.165) is 63.4 Å². The molecule has 2 aromatic carbocycles. The number of hydrogen-bond donors (Lipinski definition) is 2. The fourth-order valence-electron chi connectivity index (χ4n) is 4.97. The third-order valence-electron chi connectivity index (χ3n) is 7.41. The number of nitrogens with one attached hydrogen (secondary N) is 2. The van der Waals surface area contributed by atoms with Crippen LogP contribution < -0.4 is 10.0 Å². The molecule has 0 radical (unpaired) electrons. The Morgan fingerprint density at radius 3 is 2.62 bits per heavy atom. The molecule has 4 rings (SSSR count). The van der Waals surface area contributed by atoms with E-state index in [1.54, 1.807) is 24.0 Å². The smallest absolute Gasteiger partial charge is 0.215 e. The van der Waals surface area contributed by atoms with Crippen LogP contribution in [0.25, 0.3) is 0 Å². The number of rotatable bonds is 10. The lowest BCUT2D eigenvalue weighted by Crippen LogP contribution is -2.53. The van der Waals surface area contributed by atoms with Crippen molar-refractivity contribution in [3.8, 4) is 0 Å². The van der Waals surface area contributed by atoms with Crippen LogP contribution in [0.2, 0.25) is 0 Å². The quantitative estimate of drug-likeness (QED) is 0.147. The van der Waals surface area contributed by atoms with Crippen molar-refractivity contribution in [2.75, 3.05) is 31.4 Å². The van der Waals surface area contributed by atoms with Gasteiger partial charge in [0.2, 0.25) is 6.41 Å². The predicted octanol–water partition coefficient (Wildman–Crippen LogP) is 5.08. The van der Waals surface area contributed by atoms with Gasteiger partial charge in [-0.3, -0.25) is 9.59 Å². The summed E-state index contributed by atoms with van der Waals surface area (Å²) < 4.78 is 34.3. The summed E-state index contributed by atoms with van der Waals surface area (Å²) in [6, 6.07) is 7.18. The maximum atomic E-state index is 15.1. The fraction of sp³-hybridized carbons (Fsp3) is 0.444. The first-order valence-electron chi connectivity index (χ1n) is 12.5. The van der Waals surface area contributed by atoms with Crippen LogP contribution in [0.4, 0.5) is 20.2 Å². The van der Waals surface area contributed by atoms with Crippen molar-refractivity contribution in [3.05, 3.63) is 58.7 Å². The molecule has 1 aliphatic carbocycles. The topological polar surface area (TPSA) is 77.0 Å². The zero-order chi connectivity index (χ0) is 26.6. The lowest BCUT2D eigenvalue weighted by atomic mass is 9.60. The molecule has 10 heteroatoms. The second-order valence-electron chi connectivity index (χ2n) is 9.86. The molecule has 1 aliphatic heterocycles.